The van der Waals surface area contributed by atoms with Gasteiger partial charge in [-0.25, -0.2) is 0 Å². The first-order chi connectivity index (χ1) is 12.5. The van der Waals surface area contributed by atoms with Crippen LogP contribution >= 0.6 is 11.8 Å². The van der Waals surface area contributed by atoms with Crippen LogP contribution in [0.25, 0.3) is 11.5 Å². The number of benzene rings is 2. The summed E-state index contributed by atoms with van der Waals surface area (Å²) in [7, 11) is 0. The largest absolute Gasteiger partial charge is 0.411 e. The van der Waals surface area contributed by atoms with Gasteiger partial charge in [-0.2, -0.15) is 0 Å². The summed E-state index contributed by atoms with van der Waals surface area (Å²) >= 11 is 1.16. The van der Waals surface area contributed by atoms with Crippen molar-refractivity contribution in [3.05, 3.63) is 73.8 Å². The lowest BCUT2D eigenvalue weighted by Gasteiger charge is -2.05. The molecule has 132 valence electrons. The van der Waals surface area contributed by atoms with Crippen molar-refractivity contribution >= 4 is 23.1 Å². The van der Waals surface area contributed by atoms with Gasteiger partial charge in [0.15, 0.2) is 0 Å². The van der Waals surface area contributed by atoms with Crippen molar-refractivity contribution in [3.63, 3.8) is 0 Å². The Bertz CT molecular complexity index is 974. The van der Waals surface area contributed by atoms with Gasteiger partial charge in [-0.3, -0.25) is 20.2 Å². The van der Waals surface area contributed by atoms with E-state index in [1.54, 1.807) is 6.92 Å². The van der Waals surface area contributed by atoms with Gasteiger partial charge in [-0.1, -0.05) is 30.0 Å². The molecule has 0 aliphatic carbocycles. The van der Waals surface area contributed by atoms with E-state index in [2.05, 4.69) is 10.2 Å². The molecule has 9 nitrogen and oxygen atoms in total. The van der Waals surface area contributed by atoms with Crippen molar-refractivity contribution in [3.8, 4) is 11.5 Å². The van der Waals surface area contributed by atoms with Crippen LogP contribution in [-0.4, -0.2) is 20.0 Å². The molecule has 0 radical (unpaired) electrons. The highest BCUT2D eigenvalue weighted by Gasteiger charge is 2.21. The summed E-state index contributed by atoms with van der Waals surface area (Å²) in [4.78, 5) is 20.8. The molecule has 0 atom stereocenters. The lowest BCUT2D eigenvalue weighted by atomic mass is 10.1. The third kappa shape index (κ3) is 3.70. The molecule has 0 amide bonds. The van der Waals surface area contributed by atoms with Crippen molar-refractivity contribution < 1.29 is 14.3 Å². The molecule has 2 aromatic carbocycles. The van der Waals surface area contributed by atoms with E-state index in [0.717, 1.165) is 23.4 Å². The number of nitro benzene ring substituents is 2. The van der Waals surface area contributed by atoms with Gasteiger partial charge < -0.3 is 4.42 Å². The second kappa shape index (κ2) is 7.31. The van der Waals surface area contributed by atoms with Crippen LogP contribution in [0.15, 0.2) is 52.1 Å². The first-order valence-corrected chi connectivity index (χ1v) is 8.38. The van der Waals surface area contributed by atoms with Crippen LogP contribution in [0.5, 0.6) is 0 Å². The van der Waals surface area contributed by atoms with E-state index in [4.69, 9.17) is 4.42 Å². The first kappa shape index (κ1) is 17.5. The van der Waals surface area contributed by atoms with E-state index in [9.17, 15) is 20.2 Å². The molecule has 0 N–H and O–H groups in total. The fourth-order valence-electron chi connectivity index (χ4n) is 2.29. The Morgan fingerprint density at radius 3 is 2.46 bits per heavy atom. The molecule has 10 heteroatoms. The number of hydrogen-bond donors (Lipinski definition) is 0. The topological polar surface area (TPSA) is 125 Å². The summed E-state index contributed by atoms with van der Waals surface area (Å²) in [6, 6.07) is 11.5. The van der Waals surface area contributed by atoms with Crippen LogP contribution in [-0.2, 0) is 5.75 Å². The van der Waals surface area contributed by atoms with Crippen molar-refractivity contribution in [2.45, 2.75) is 17.9 Å². The zero-order valence-electron chi connectivity index (χ0n) is 13.5. The number of nitro groups is 2. The van der Waals surface area contributed by atoms with Crippen LogP contribution in [0.2, 0.25) is 0 Å². The number of hydrogen-bond acceptors (Lipinski definition) is 8. The Morgan fingerprint density at radius 1 is 1.08 bits per heavy atom. The summed E-state index contributed by atoms with van der Waals surface area (Å²) in [5.41, 5.74) is 0.999. The number of nitrogens with zero attached hydrogens (tertiary/aromatic N) is 4. The summed E-state index contributed by atoms with van der Waals surface area (Å²) in [6.45, 7) is 1.56. The molecular formula is C16H12N4O5S. The predicted octanol–water partition coefficient (Wildman–Crippen LogP) is 4.15. The molecule has 3 rings (SSSR count). The van der Waals surface area contributed by atoms with Gasteiger partial charge in [0, 0.05) is 22.9 Å². The van der Waals surface area contributed by atoms with E-state index in [0.29, 0.717) is 17.0 Å². The SMILES string of the molecule is Cc1c(CSc2nnc(-c3ccccc3)o2)cc([N+](=O)[O-])cc1[N+](=O)[O-]. The third-order valence-electron chi connectivity index (χ3n) is 3.66. The summed E-state index contributed by atoms with van der Waals surface area (Å²) in [5, 5.41) is 30.3. The molecule has 3 aromatic rings. The smallest absolute Gasteiger partial charge is 0.279 e. The van der Waals surface area contributed by atoms with Crippen LogP contribution in [0.3, 0.4) is 0 Å². The second-order valence-electron chi connectivity index (χ2n) is 5.29. The minimum atomic E-state index is -0.652. The third-order valence-corrected chi connectivity index (χ3v) is 4.53. The van der Waals surface area contributed by atoms with E-state index >= 15 is 0 Å². The lowest BCUT2D eigenvalue weighted by Crippen LogP contribution is -1.99. The Kier molecular flexibility index (Phi) is 4.94. The molecule has 0 bridgehead atoms. The average molecular weight is 372 g/mol. The minimum Gasteiger partial charge on any atom is -0.411 e. The number of aromatic nitrogens is 2. The minimum absolute atomic E-state index is 0.227. The number of thioether (sulfide) groups is 1. The molecule has 0 aliphatic heterocycles. The molecule has 0 unspecified atom stereocenters. The number of rotatable bonds is 6. The normalized spacial score (nSPS) is 10.7. The molecule has 0 spiro atoms. The monoisotopic (exact) mass is 372 g/mol. The highest BCUT2D eigenvalue weighted by Crippen LogP contribution is 2.32. The quantitative estimate of drug-likeness (QED) is 0.359. The van der Waals surface area contributed by atoms with Crippen LogP contribution in [0.4, 0.5) is 11.4 Å². The predicted molar refractivity (Wildman–Crippen MR) is 93.8 cm³/mol. The van der Waals surface area contributed by atoms with Gasteiger partial charge >= 0.3 is 0 Å². The first-order valence-electron chi connectivity index (χ1n) is 7.39. The van der Waals surface area contributed by atoms with Gasteiger partial charge in [0.2, 0.25) is 5.89 Å². The Hall–Kier alpha value is -3.27. The van der Waals surface area contributed by atoms with Crippen molar-refractivity contribution in [2.24, 2.45) is 0 Å². The maximum atomic E-state index is 11.1. The maximum Gasteiger partial charge on any atom is 0.279 e. The van der Waals surface area contributed by atoms with Gasteiger partial charge in [0.1, 0.15) is 0 Å². The molecule has 26 heavy (non-hydrogen) atoms. The zero-order chi connectivity index (χ0) is 18.7. The van der Waals surface area contributed by atoms with Gasteiger partial charge in [0.25, 0.3) is 16.6 Å². The molecule has 0 saturated carbocycles. The Morgan fingerprint density at radius 2 is 1.81 bits per heavy atom. The standard InChI is InChI=1S/C16H12N4O5S/c1-10-12(7-13(19(21)22)8-14(10)20(23)24)9-26-16-18-17-15(25-16)11-5-3-2-4-6-11/h2-8H,9H2,1H3. The van der Waals surface area contributed by atoms with Gasteiger partial charge in [-0.05, 0) is 24.6 Å². The molecular weight excluding hydrogens is 360 g/mol. The molecule has 0 aliphatic rings. The van der Waals surface area contributed by atoms with E-state index in [1.165, 1.54) is 6.07 Å². The Balaban J connectivity index is 1.83. The fourth-order valence-corrected chi connectivity index (χ4v) is 3.11. The molecule has 1 heterocycles. The van der Waals surface area contributed by atoms with Crippen LogP contribution in [0, 0.1) is 27.2 Å². The van der Waals surface area contributed by atoms with Crippen LogP contribution in [0.1, 0.15) is 11.1 Å². The lowest BCUT2D eigenvalue weighted by molar-refractivity contribution is -0.394. The maximum absolute atomic E-state index is 11.1. The summed E-state index contributed by atoms with van der Waals surface area (Å²) in [5.74, 6) is 0.583. The molecule has 0 saturated heterocycles. The van der Waals surface area contributed by atoms with Gasteiger partial charge in [0.05, 0.1) is 15.9 Å². The van der Waals surface area contributed by atoms with E-state index in [1.807, 2.05) is 30.3 Å². The van der Waals surface area contributed by atoms with E-state index < -0.39 is 9.85 Å². The van der Waals surface area contributed by atoms with Crippen LogP contribution < -0.4 is 0 Å². The fraction of sp³-hybridized carbons (Fsp3) is 0.125. The average Bonchev–Trinajstić information content (AvgIpc) is 3.10. The van der Waals surface area contributed by atoms with Crippen molar-refractivity contribution in [1.82, 2.24) is 10.2 Å². The second-order valence-corrected chi connectivity index (χ2v) is 6.22. The molecule has 0 fully saturated rings. The number of non-ortho nitro benzene ring substituents is 1. The highest BCUT2D eigenvalue weighted by molar-refractivity contribution is 7.98. The zero-order valence-corrected chi connectivity index (χ0v) is 14.3. The highest BCUT2D eigenvalue weighted by atomic mass is 32.2. The summed E-state index contributed by atoms with van der Waals surface area (Å²) in [6.07, 6.45) is 0. The van der Waals surface area contributed by atoms with Crippen molar-refractivity contribution in [2.75, 3.05) is 0 Å². The Labute approximate surface area is 151 Å². The summed E-state index contributed by atoms with van der Waals surface area (Å²) < 4.78 is 5.56. The van der Waals surface area contributed by atoms with Crippen molar-refractivity contribution in [1.29, 1.82) is 0 Å². The molecule has 1 aromatic heterocycles. The van der Waals surface area contributed by atoms with Gasteiger partial charge in [-0.15, -0.1) is 10.2 Å². The van der Waals surface area contributed by atoms with E-state index in [-0.39, 0.29) is 22.4 Å².